The van der Waals surface area contributed by atoms with Gasteiger partial charge < -0.3 is 10.1 Å². The van der Waals surface area contributed by atoms with Crippen molar-refractivity contribution in [2.75, 3.05) is 27.3 Å². The molecule has 0 aliphatic rings. The van der Waals surface area contributed by atoms with E-state index in [1.54, 1.807) is 0 Å². The van der Waals surface area contributed by atoms with Crippen LogP contribution in [0.3, 0.4) is 0 Å². The van der Waals surface area contributed by atoms with Crippen LogP contribution in [-0.2, 0) is 24.4 Å². The van der Waals surface area contributed by atoms with Crippen molar-refractivity contribution < 1.29 is 45.5 Å². The average molecular weight is 427 g/mol. The zero-order chi connectivity index (χ0) is 21.5. The number of carbonyl (C=O) groups excluding carboxylic acids is 3. The van der Waals surface area contributed by atoms with Gasteiger partial charge in [-0.3, -0.25) is 14.9 Å². The number of sulfonamides is 1. The zero-order valence-electron chi connectivity index (χ0n) is 14.6. The molecule has 28 heavy (non-hydrogen) atoms. The first kappa shape index (κ1) is 23.3. The number of nitrogens with one attached hydrogen (secondary N) is 2. The van der Waals surface area contributed by atoms with Crippen LogP contribution >= 0.6 is 0 Å². The lowest BCUT2D eigenvalue weighted by molar-refractivity contribution is -0.125. The third kappa shape index (κ3) is 7.13. The van der Waals surface area contributed by atoms with Gasteiger partial charge in [0.2, 0.25) is 0 Å². The lowest BCUT2D eigenvalue weighted by Crippen LogP contribution is -2.44. The van der Waals surface area contributed by atoms with Crippen molar-refractivity contribution >= 4 is 27.9 Å². The first-order chi connectivity index (χ1) is 12.9. The van der Waals surface area contributed by atoms with E-state index in [2.05, 4.69) is 9.57 Å². The van der Waals surface area contributed by atoms with Gasteiger partial charge in [0, 0.05) is 7.05 Å². The summed E-state index contributed by atoms with van der Waals surface area (Å²) in [5.41, 5.74) is -0.222. The van der Waals surface area contributed by atoms with Crippen LogP contribution in [0.15, 0.2) is 29.2 Å². The summed E-state index contributed by atoms with van der Waals surface area (Å²) in [6.07, 6.45) is -4.66. The predicted octanol–water partition coefficient (Wildman–Crippen LogP) is 0.413. The number of halogens is 3. The van der Waals surface area contributed by atoms with E-state index in [1.165, 1.54) is 28.8 Å². The molecule has 0 unspecified atom stereocenters. The Labute approximate surface area is 157 Å². The van der Waals surface area contributed by atoms with E-state index in [1.807, 2.05) is 0 Å². The Hall–Kier alpha value is -2.71. The summed E-state index contributed by atoms with van der Waals surface area (Å²) in [6, 6.07) is 3.20. The minimum atomic E-state index is -4.66. The Kier molecular flexibility index (Phi) is 7.89. The van der Waals surface area contributed by atoms with E-state index in [-0.39, 0.29) is 10.5 Å². The molecule has 0 bridgehead atoms. The fraction of sp³-hybridized carbons (Fsp3) is 0.357. The van der Waals surface area contributed by atoms with Crippen molar-refractivity contribution in [1.82, 2.24) is 15.1 Å². The quantitative estimate of drug-likeness (QED) is 0.476. The molecule has 156 valence electrons. The van der Waals surface area contributed by atoms with Gasteiger partial charge in [0.15, 0.2) is 6.61 Å². The number of carbonyl (C=O) groups is 3. The minimum Gasteiger partial charge on any atom is -0.452 e. The second-order valence-electron chi connectivity index (χ2n) is 5.05. The molecule has 10 nitrogen and oxygen atoms in total. The molecule has 0 aliphatic heterocycles. The molecule has 1 rings (SSSR count). The lowest BCUT2D eigenvalue weighted by atomic mass is 10.2. The third-order valence-electron chi connectivity index (χ3n) is 3.00. The maximum absolute atomic E-state index is 12.1. The average Bonchev–Trinajstić information content (AvgIpc) is 2.63. The molecule has 3 amide bonds. The fourth-order valence-electron chi connectivity index (χ4n) is 1.63. The molecular weight excluding hydrogens is 411 g/mol. The second-order valence-corrected chi connectivity index (χ2v) is 6.98. The molecule has 0 heterocycles. The molecule has 0 spiro atoms. The molecule has 2 N–H and O–H groups in total. The molecule has 0 aliphatic carbocycles. The number of urea groups is 1. The second kappa shape index (κ2) is 9.48. The van der Waals surface area contributed by atoms with Crippen LogP contribution in [0.25, 0.3) is 0 Å². The van der Waals surface area contributed by atoms with Gasteiger partial charge in [-0.1, -0.05) is 10.5 Å². The summed E-state index contributed by atoms with van der Waals surface area (Å²) >= 11 is 0. The number of alkyl halides is 3. The molecule has 0 radical (unpaired) electrons. The van der Waals surface area contributed by atoms with E-state index >= 15 is 0 Å². The molecule has 1 aromatic carbocycles. The van der Waals surface area contributed by atoms with Crippen LogP contribution in [0, 0.1) is 0 Å². The first-order valence-corrected chi connectivity index (χ1v) is 8.75. The van der Waals surface area contributed by atoms with Crippen molar-refractivity contribution in [3.8, 4) is 0 Å². The molecule has 14 heteroatoms. The predicted molar refractivity (Wildman–Crippen MR) is 86.3 cm³/mol. The van der Waals surface area contributed by atoms with Gasteiger partial charge in [-0.05, 0) is 18.2 Å². The molecule has 1 aromatic rings. The van der Waals surface area contributed by atoms with Gasteiger partial charge >= 0.3 is 18.2 Å². The largest absolute Gasteiger partial charge is 0.452 e. The standard InChI is InChI=1S/C14H16F3N3O7S/c1-20(26-2)28(24,25)10-5-3-4-9(6-10)12(22)27-7-11(21)19-13(23)18-8-14(15,16)17/h3-6H,7-8H2,1-2H3,(H2,18,19,21,23). The first-order valence-electron chi connectivity index (χ1n) is 7.31. The Morgan fingerprint density at radius 3 is 2.43 bits per heavy atom. The number of nitrogens with zero attached hydrogens (tertiary/aromatic N) is 1. The summed E-state index contributed by atoms with van der Waals surface area (Å²) < 4.78 is 65.2. The zero-order valence-corrected chi connectivity index (χ0v) is 15.4. The SMILES string of the molecule is CON(C)S(=O)(=O)c1cccc(C(=O)OCC(=O)NC(=O)NCC(F)(F)F)c1. The van der Waals surface area contributed by atoms with Crippen LogP contribution in [0.2, 0.25) is 0 Å². The Bertz CT molecular complexity index is 843. The number of ether oxygens (including phenoxy) is 1. The number of imide groups is 1. The summed E-state index contributed by atoms with van der Waals surface area (Å²) in [6.45, 7) is -2.63. The molecule has 0 fully saturated rings. The Morgan fingerprint density at radius 2 is 1.86 bits per heavy atom. The molecule has 0 saturated carbocycles. The maximum Gasteiger partial charge on any atom is 0.405 e. The highest BCUT2D eigenvalue weighted by Gasteiger charge is 2.28. The van der Waals surface area contributed by atoms with E-state index in [9.17, 15) is 36.0 Å². The smallest absolute Gasteiger partial charge is 0.405 e. The number of hydrogen-bond donors (Lipinski definition) is 2. The number of hydrogen-bond acceptors (Lipinski definition) is 7. The molecule has 0 atom stereocenters. The number of amides is 3. The monoisotopic (exact) mass is 427 g/mol. The summed E-state index contributed by atoms with van der Waals surface area (Å²) in [4.78, 5) is 38.7. The fourth-order valence-corrected chi connectivity index (χ4v) is 2.65. The van der Waals surface area contributed by atoms with Gasteiger partial charge in [-0.25, -0.2) is 18.0 Å². The van der Waals surface area contributed by atoms with E-state index in [4.69, 9.17) is 0 Å². The minimum absolute atomic E-state index is 0.222. The van der Waals surface area contributed by atoms with Gasteiger partial charge in [0.25, 0.3) is 15.9 Å². The lowest BCUT2D eigenvalue weighted by Gasteiger charge is -2.14. The number of benzene rings is 1. The highest BCUT2D eigenvalue weighted by atomic mass is 32.2. The van der Waals surface area contributed by atoms with Gasteiger partial charge in [0.05, 0.1) is 17.6 Å². The van der Waals surface area contributed by atoms with Crippen molar-refractivity contribution in [3.63, 3.8) is 0 Å². The van der Waals surface area contributed by atoms with Crippen molar-refractivity contribution in [2.24, 2.45) is 0 Å². The van der Waals surface area contributed by atoms with Crippen molar-refractivity contribution in [3.05, 3.63) is 29.8 Å². The van der Waals surface area contributed by atoms with Crippen LogP contribution in [-0.4, -0.2) is 64.3 Å². The molecular formula is C14H16F3N3O7S. The molecule has 0 saturated heterocycles. The van der Waals surface area contributed by atoms with Crippen molar-refractivity contribution in [2.45, 2.75) is 11.1 Å². The highest BCUT2D eigenvalue weighted by molar-refractivity contribution is 7.89. The summed E-state index contributed by atoms with van der Waals surface area (Å²) in [5, 5.41) is 2.93. The van der Waals surface area contributed by atoms with Crippen LogP contribution in [0.5, 0.6) is 0 Å². The van der Waals surface area contributed by atoms with E-state index in [0.717, 1.165) is 20.2 Å². The van der Waals surface area contributed by atoms with Crippen LogP contribution in [0.1, 0.15) is 10.4 Å². The van der Waals surface area contributed by atoms with Gasteiger partial charge in [-0.2, -0.15) is 13.2 Å². The van der Waals surface area contributed by atoms with Gasteiger partial charge in [0.1, 0.15) is 6.54 Å². The summed E-state index contributed by atoms with van der Waals surface area (Å²) in [7, 11) is -1.77. The highest BCUT2D eigenvalue weighted by Crippen LogP contribution is 2.16. The maximum atomic E-state index is 12.1. The number of rotatable bonds is 7. The van der Waals surface area contributed by atoms with Crippen molar-refractivity contribution in [1.29, 1.82) is 0 Å². The number of esters is 1. The molecule has 0 aromatic heterocycles. The Morgan fingerprint density at radius 1 is 1.21 bits per heavy atom. The number of hydroxylamine groups is 1. The van der Waals surface area contributed by atoms with Crippen LogP contribution in [0.4, 0.5) is 18.0 Å². The van der Waals surface area contributed by atoms with Gasteiger partial charge in [-0.15, -0.1) is 0 Å². The van der Waals surface area contributed by atoms with E-state index < -0.39 is 47.3 Å². The normalized spacial score (nSPS) is 11.8. The van der Waals surface area contributed by atoms with E-state index in [0.29, 0.717) is 4.47 Å². The topological polar surface area (TPSA) is 131 Å². The third-order valence-corrected chi connectivity index (χ3v) is 4.68. The summed E-state index contributed by atoms with van der Waals surface area (Å²) in [5.74, 6) is -2.28. The Balaban J connectivity index is 2.66. The van der Waals surface area contributed by atoms with Crippen LogP contribution < -0.4 is 10.6 Å².